The van der Waals surface area contributed by atoms with E-state index in [0.717, 1.165) is 25.9 Å². The molecule has 1 fully saturated rings. The molecule has 64 valence electrons. The number of carbonyl (C=O) groups is 1. The molecule has 0 bridgehead atoms. The van der Waals surface area contributed by atoms with E-state index < -0.39 is 5.43 Å². The lowest BCUT2D eigenvalue weighted by Crippen LogP contribution is -2.32. The van der Waals surface area contributed by atoms with Crippen LogP contribution in [0, 0.1) is 0 Å². The van der Waals surface area contributed by atoms with Gasteiger partial charge in [-0.05, 0) is 25.9 Å². The van der Waals surface area contributed by atoms with Crippen LogP contribution in [0.25, 0.3) is 0 Å². The van der Waals surface area contributed by atoms with Crippen LogP contribution in [0.15, 0.2) is 0 Å². The van der Waals surface area contributed by atoms with Gasteiger partial charge in [0.2, 0.25) is 0 Å². The zero-order valence-electron chi connectivity index (χ0n) is 6.01. The zero-order valence-corrected chi connectivity index (χ0v) is 6.76. The van der Waals surface area contributed by atoms with E-state index in [4.69, 9.17) is 16.5 Å². The van der Waals surface area contributed by atoms with Gasteiger partial charge in [0.15, 0.2) is 0 Å². The Morgan fingerprint density at radius 3 is 2.64 bits per heavy atom. The molecule has 0 aromatic carbocycles. The van der Waals surface area contributed by atoms with Crippen molar-refractivity contribution < 1.29 is 14.6 Å². The standard InChI is InChI=1S/C6H10ClNO3/c7-6(9)11-10-5-1-3-8-4-2-5/h5,8H,1-4H2. The van der Waals surface area contributed by atoms with Gasteiger partial charge in [-0.2, -0.15) is 4.89 Å². The monoisotopic (exact) mass is 179 g/mol. The van der Waals surface area contributed by atoms with E-state index in [-0.39, 0.29) is 6.10 Å². The van der Waals surface area contributed by atoms with Crippen molar-refractivity contribution in [2.45, 2.75) is 18.9 Å². The summed E-state index contributed by atoms with van der Waals surface area (Å²) in [4.78, 5) is 19.0. The topological polar surface area (TPSA) is 47.6 Å². The Kier molecular flexibility index (Phi) is 3.62. The van der Waals surface area contributed by atoms with E-state index in [0.29, 0.717) is 0 Å². The minimum absolute atomic E-state index is 0.000972. The van der Waals surface area contributed by atoms with Crippen molar-refractivity contribution in [3.8, 4) is 0 Å². The summed E-state index contributed by atoms with van der Waals surface area (Å²) in [5.41, 5.74) is -0.913. The summed E-state index contributed by atoms with van der Waals surface area (Å²) in [6.45, 7) is 1.79. The molecule has 0 atom stereocenters. The van der Waals surface area contributed by atoms with E-state index in [1.54, 1.807) is 0 Å². The second-order valence-corrected chi connectivity index (χ2v) is 2.68. The van der Waals surface area contributed by atoms with Crippen molar-refractivity contribution >= 4 is 17.0 Å². The normalized spacial score (nSPS) is 19.7. The largest absolute Gasteiger partial charge is 0.435 e. The minimum Gasteiger partial charge on any atom is -0.317 e. The molecule has 1 rings (SSSR count). The van der Waals surface area contributed by atoms with Gasteiger partial charge in [-0.3, -0.25) is 4.89 Å². The van der Waals surface area contributed by atoms with Crippen molar-refractivity contribution in [2.24, 2.45) is 0 Å². The van der Waals surface area contributed by atoms with Crippen molar-refractivity contribution in [1.82, 2.24) is 5.32 Å². The van der Waals surface area contributed by atoms with Gasteiger partial charge in [0.05, 0.1) is 0 Å². The fourth-order valence-corrected chi connectivity index (χ4v) is 1.03. The van der Waals surface area contributed by atoms with E-state index >= 15 is 0 Å². The van der Waals surface area contributed by atoms with E-state index in [2.05, 4.69) is 10.2 Å². The summed E-state index contributed by atoms with van der Waals surface area (Å²) in [5, 5.41) is 3.15. The fourth-order valence-electron chi connectivity index (χ4n) is 0.998. The second-order valence-electron chi connectivity index (χ2n) is 2.37. The van der Waals surface area contributed by atoms with Gasteiger partial charge in [0.25, 0.3) is 0 Å². The van der Waals surface area contributed by atoms with Crippen LogP contribution < -0.4 is 5.32 Å². The van der Waals surface area contributed by atoms with E-state index in [1.165, 1.54) is 0 Å². The highest BCUT2D eigenvalue weighted by atomic mass is 35.5. The Morgan fingerprint density at radius 2 is 2.09 bits per heavy atom. The van der Waals surface area contributed by atoms with Gasteiger partial charge in [-0.1, -0.05) is 0 Å². The number of hydrogen-bond donors (Lipinski definition) is 1. The molecule has 4 nitrogen and oxygen atoms in total. The molecular formula is C6H10ClNO3. The third kappa shape index (κ3) is 3.55. The van der Waals surface area contributed by atoms with Crippen molar-refractivity contribution in [3.63, 3.8) is 0 Å². The van der Waals surface area contributed by atoms with Crippen molar-refractivity contribution in [2.75, 3.05) is 13.1 Å². The van der Waals surface area contributed by atoms with Gasteiger partial charge in [0.1, 0.15) is 6.10 Å². The van der Waals surface area contributed by atoms with Gasteiger partial charge in [-0.15, -0.1) is 0 Å². The molecule has 0 amide bonds. The first-order valence-electron chi connectivity index (χ1n) is 3.52. The summed E-state index contributed by atoms with van der Waals surface area (Å²) in [7, 11) is 0. The van der Waals surface area contributed by atoms with Crippen LogP contribution in [0.5, 0.6) is 0 Å². The maximum atomic E-state index is 10.1. The van der Waals surface area contributed by atoms with Gasteiger partial charge in [0, 0.05) is 11.6 Å². The SMILES string of the molecule is O=C(Cl)OOC1CCNCC1. The third-order valence-corrected chi connectivity index (χ3v) is 1.60. The molecule has 0 aromatic rings. The van der Waals surface area contributed by atoms with Gasteiger partial charge >= 0.3 is 5.43 Å². The maximum Gasteiger partial charge on any atom is 0.435 e. The first kappa shape index (κ1) is 8.77. The Bertz CT molecular complexity index is 136. The number of rotatable bonds is 2. The lowest BCUT2D eigenvalue weighted by molar-refractivity contribution is -0.270. The van der Waals surface area contributed by atoms with Crippen molar-refractivity contribution in [1.29, 1.82) is 0 Å². The first-order valence-corrected chi connectivity index (χ1v) is 3.90. The highest BCUT2D eigenvalue weighted by Crippen LogP contribution is 2.07. The average molecular weight is 180 g/mol. The highest BCUT2D eigenvalue weighted by Gasteiger charge is 2.15. The first-order chi connectivity index (χ1) is 5.29. The summed E-state index contributed by atoms with van der Waals surface area (Å²) in [5.74, 6) is 0. The number of carbonyl (C=O) groups excluding carboxylic acids is 1. The number of halogens is 1. The van der Waals surface area contributed by atoms with Crippen LogP contribution in [0.2, 0.25) is 0 Å². The molecule has 0 aliphatic carbocycles. The number of piperidine rings is 1. The van der Waals surface area contributed by atoms with Crippen LogP contribution in [-0.2, 0) is 9.78 Å². The summed E-state index contributed by atoms with van der Waals surface area (Å²) in [6, 6.07) is 0. The summed E-state index contributed by atoms with van der Waals surface area (Å²) in [6.07, 6.45) is 1.70. The zero-order chi connectivity index (χ0) is 8.10. The Hall–Kier alpha value is -0.320. The third-order valence-electron chi connectivity index (χ3n) is 1.54. The fraction of sp³-hybridized carbons (Fsp3) is 0.833. The van der Waals surface area contributed by atoms with Gasteiger partial charge < -0.3 is 5.32 Å². The smallest absolute Gasteiger partial charge is 0.317 e. The lowest BCUT2D eigenvalue weighted by Gasteiger charge is -2.20. The van der Waals surface area contributed by atoms with Crippen LogP contribution in [-0.4, -0.2) is 24.6 Å². The lowest BCUT2D eigenvalue weighted by atomic mass is 10.1. The molecule has 0 radical (unpaired) electrons. The predicted octanol–water partition coefficient (Wildman–Crippen LogP) is 1.05. The molecule has 0 unspecified atom stereocenters. The molecule has 0 spiro atoms. The summed E-state index contributed by atoms with van der Waals surface area (Å²) < 4.78 is 0. The van der Waals surface area contributed by atoms with E-state index in [9.17, 15) is 4.79 Å². The second kappa shape index (κ2) is 4.54. The molecule has 1 N–H and O–H groups in total. The Morgan fingerprint density at radius 1 is 1.45 bits per heavy atom. The number of hydrogen-bond acceptors (Lipinski definition) is 4. The Labute approximate surface area is 69.7 Å². The predicted molar refractivity (Wildman–Crippen MR) is 39.3 cm³/mol. The molecule has 1 aliphatic heterocycles. The average Bonchev–Trinajstić information content (AvgIpc) is 2.03. The molecular weight excluding hydrogens is 170 g/mol. The molecule has 1 aliphatic rings. The minimum atomic E-state index is -0.913. The van der Waals surface area contributed by atoms with E-state index in [1.807, 2.05) is 0 Å². The molecule has 0 saturated carbocycles. The molecule has 0 aromatic heterocycles. The van der Waals surface area contributed by atoms with Crippen LogP contribution in [0.4, 0.5) is 4.79 Å². The molecule has 5 heteroatoms. The summed E-state index contributed by atoms with van der Waals surface area (Å²) >= 11 is 4.90. The van der Waals surface area contributed by atoms with Crippen molar-refractivity contribution in [3.05, 3.63) is 0 Å². The van der Waals surface area contributed by atoms with Crippen LogP contribution in [0.1, 0.15) is 12.8 Å². The van der Waals surface area contributed by atoms with Crippen LogP contribution >= 0.6 is 11.6 Å². The van der Waals surface area contributed by atoms with Gasteiger partial charge in [-0.25, -0.2) is 4.79 Å². The number of nitrogens with one attached hydrogen (secondary N) is 1. The van der Waals surface area contributed by atoms with Crippen LogP contribution in [0.3, 0.4) is 0 Å². The quantitative estimate of drug-likeness (QED) is 0.391. The highest BCUT2D eigenvalue weighted by molar-refractivity contribution is 6.61. The molecule has 1 saturated heterocycles. The maximum absolute atomic E-state index is 10.1. The Balaban J connectivity index is 2.09. The molecule has 1 heterocycles. The molecule has 11 heavy (non-hydrogen) atoms.